The summed E-state index contributed by atoms with van der Waals surface area (Å²) in [6, 6.07) is 22.5. The van der Waals surface area contributed by atoms with Crippen molar-refractivity contribution in [1.82, 2.24) is 0 Å². The number of carbonyl (C=O) groups is 1. The van der Waals surface area contributed by atoms with E-state index in [0.717, 1.165) is 28.8 Å². The van der Waals surface area contributed by atoms with Gasteiger partial charge in [-0.15, -0.1) is 0 Å². The first-order valence-corrected chi connectivity index (χ1v) is 9.04. The van der Waals surface area contributed by atoms with E-state index in [4.69, 9.17) is 0 Å². The van der Waals surface area contributed by atoms with Crippen LogP contribution in [-0.4, -0.2) is 5.91 Å². The van der Waals surface area contributed by atoms with E-state index in [1.54, 1.807) is 6.07 Å². The zero-order valence-electron chi connectivity index (χ0n) is 15.0. The average molecular weight is 381 g/mol. The second-order valence-electron chi connectivity index (χ2n) is 6.89. The number of carbonyl (C=O) groups excluding carboxylic acids is 1. The van der Waals surface area contributed by atoms with E-state index in [9.17, 15) is 18.0 Å². The second kappa shape index (κ2) is 7.15. The third kappa shape index (κ3) is 3.52. The summed E-state index contributed by atoms with van der Waals surface area (Å²) in [4.78, 5) is 14.5. The molecule has 0 aliphatic carbocycles. The number of benzene rings is 3. The molecular formula is C23H18F3NO. The Kier molecular flexibility index (Phi) is 4.67. The van der Waals surface area contributed by atoms with E-state index in [1.165, 1.54) is 11.0 Å². The Bertz CT molecular complexity index is 998. The first kappa shape index (κ1) is 18.3. The molecule has 3 aromatic rings. The zero-order valence-corrected chi connectivity index (χ0v) is 15.0. The highest BCUT2D eigenvalue weighted by Gasteiger charge is 2.33. The fourth-order valence-corrected chi connectivity index (χ4v) is 3.74. The maximum atomic E-state index is 13.1. The number of halogens is 3. The van der Waals surface area contributed by atoms with Crippen LogP contribution in [0.25, 0.3) is 0 Å². The van der Waals surface area contributed by atoms with E-state index < -0.39 is 11.7 Å². The van der Waals surface area contributed by atoms with Gasteiger partial charge in [-0.3, -0.25) is 4.79 Å². The van der Waals surface area contributed by atoms with Crippen LogP contribution >= 0.6 is 0 Å². The van der Waals surface area contributed by atoms with Gasteiger partial charge in [0.05, 0.1) is 12.1 Å². The number of amides is 1. The van der Waals surface area contributed by atoms with Gasteiger partial charge in [0.15, 0.2) is 0 Å². The summed E-state index contributed by atoms with van der Waals surface area (Å²) < 4.78 is 39.4. The number of anilines is 1. The lowest BCUT2D eigenvalue weighted by molar-refractivity contribution is -0.137. The van der Waals surface area contributed by atoms with Crippen molar-refractivity contribution in [1.29, 1.82) is 0 Å². The molecule has 1 aliphatic rings. The summed E-state index contributed by atoms with van der Waals surface area (Å²) in [7, 11) is 0. The third-order valence-electron chi connectivity index (χ3n) is 5.13. The summed E-state index contributed by atoms with van der Waals surface area (Å²) >= 11 is 0. The molecule has 3 aromatic carbocycles. The van der Waals surface area contributed by atoms with Gasteiger partial charge in [0.2, 0.25) is 5.91 Å². The molecule has 1 unspecified atom stereocenters. The minimum absolute atomic E-state index is 0.124. The number of hydrogen-bond donors (Lipinski definition) is 0. The van der Waals surface area contributed by atoms with Crippen molar-refractivity contribution in [2.24, 2.45) is 0 Å². The number of nitrogens with zero attached hydrogens (tertiary/aromatic N) is 1. The molecule has 4 rings (SSSR count). The quantitative estimate of drug-likeness (QED) is 0.551. The van der Waals surface area contributed by atoms with Gasteiger partial charge in [-0.25, -0.2) is 0 Å². The van der Waals surface area contributed by atoms with Crippen molar-refractivity contribution in [3.8, 4) is 0 Å². The maximum Gasteiger partial charge on any atom is 0.416 e. The molecule has 0 saturated heterocycles. The fourth-order valence-electron chi connectivity index (χ4n) is 3.74. The van der Waals surface area contributed by atoms with Crippen LogP contribution in [0, 0.1) is 0 Å². The number of fused-ring (bicyclic) bond motifs is 1. The van der Waals surface area contributed by atoms with Crippen LogP contribution in [0.3, 0.4) is 0 Å². The van der Waals surface area contributed by atoms with E-state index in [-0.39, 0.29) is 30.5 Å². The fraction of sp³-hybridized carbons (Fsp3) is 0.174. The van der Waals surface area contributed by atoms with Crippen molar-refractivity contribution in [2.75, 3.05) is 4.90 Å². The van der Waals surface area contributed by atoms with Gasteiger partial charge < -0.3 is 4.90 Å². The van der Waals surface area contributed by atoms with Gasteiger partial charge in [0.1, 0.15) is 0 Å². The van der Waals surface area contributed by atoms with Crippen LogP contribution in [0.15, 0.2) is 78.9 Å². The Labute approximate surface area is 161 Å². The predicted octanol–water partition coefficient (Wildman–Crippen LogP) is 5.77. The predicted molar refractivity (Wildman–Crippen MR) is 102 cm³/mol. The Morgan fingerprint density at radius 1 is 0.857 bits per heavy atom. The molecule has 1 heterocycles. The van der Waals surface area contributed by atoms with Crippen molar-refractivity contribution < 1.29 is 18.0 Å². The Morgan fingerprint density at radius 3 is 2.32 bits per heavy atom. The minimum Gasteiger partial charge on any atom is -0.308 e. The van der Waals surface area contributed by atoms with E-state index in [0.29, 0.717) is 0 Å². The molecule has 0 radical (unpaired) electrons. The summed E-state index contributed by atoms with van der Waals surface area (Å²) in [6.45, 7) is 0.250. The highest BCUT2D eigenvalue weighted by atomic mass is 19.4. The number of alkyl halides is 3. The van der Waals surface area contributed by atoms with E-state index in [1.807, 2.05) is 54.6 Å². The van der Waals surface area contributed by atoms with E-state index >= 15 is 0 Å². The summed E-state index contributed by atoms with van der Waals surface area (Å²) in [5, 5.41) is 0. The molecule has 1 aliphatic heterocycles. The molecule has 142 valence electrons. The van der Waals surface area contributed by atoms with Gasteiger partial charge in [-0.05, 0) is 34.9 Å². The normalized spacial score (nSPS) is 17.2. The van der Waals surface area contributed by atoms with Crippen LogP contribution in [0.4, 0.5) is 18.9 Å². The SMILES string of the molecule is O=C1CC(c2ccccc2)c2ccccc2CN1c1cccc(C(F)(F)F)c1. The number of rotatable bonds is 2. The summed E-state index contributed by atoms with van der Waals surface area (Å²) in [5.41, 5.74) is 2.52. The minimum atomic E-state index is -4.45. The smallest absolute Gasteiger partial charge is 0.308 e. The Balaban J connectivity index is 1.77. The summed E-state index contributed by atoms with van der Waals surface area (Å²) in [5.74, 6) is -0.315. The van der Waals surface area contributed by atoms with Gasteiger partial charge >= 0.3 is 6.18 Å². The van der Waals surface area contributed by atoms with Gasteiger partial charge in [0.25, 0.3) is 0 Å². The van der Waals surface area contributed by atoms with Crippen LogP contribution in [0.5, 0.6) is 0 Å². The highest BCUT2D eigenvalue weighted by Crippen LogP contribution is 2.37. The molecule has 5 heteroatoms. The molecule has 0 fully saturated rings. The lowest BCUT2D eigenvalue weighted by Crippen LogP contribution is -2.29. The van der Waals surface area contributed by atoms with Crippen molar-refractivity contribution in [3.63, 3.8) is 0 Å². The zero-order chi connectivity index (χ0) is 19.7. The third-order valence-corrected chi connectivity index (χ3v) is 5.13. The first-order chi connectivity index (χ1) is 13.4. The van der Waals surface area contributed by atoms with E-state index in [2.05, 4.69) is 0 Å². The van der Waals surface area contributed by atoms with Crippen molar-refractivity contribution in [3.05, 3.63) is 101 Å². The Hall–Kier alpha value is -3.08. The van der Waals surface area contributed by atoms with Gasteiger partial charge in [-0.1, -0.05) is 60.7 Å². The lowest BCUT2D eigenvalue weighted by atomic mass is 9.86. The molecule has 2 nitrogen and oxygen atoms in total. The Morgan fingerprint density at radius 2 is 1.57 bits per heavy atom. The largest absolute Gasteiger partial charge is 0.416 e. The van der Waals surface area contributed by atoms with Crippen LogP contribution < -0.4 is 4.90 Å². The standard InChI is InChI=1S/C23H18F3NO/c24-23(25,26)18-10-6-11-19(13-18)27-15-17-9-4-5-12-20(17)21(14-22(27)28)16-7-2-1-3-8-16/h1-13,21H,14-15H2. The van der Waals surface area contributed by atoms with Crippen molar-refractivity contribution in [2.45, 2.75) is 25.1 Å². The lowest BCUT2D eigenvalue weighted by Gasteiger charge is -2.22. The molecule has 1 atom stereocenters. The average Bonchev–Trinajstić information content (AvgIpc) is 2.85. The highest BCUT2D eigenvalue weighted by molar-refractivity contribution is 5.95. The van der Waals surface area contributed by atoms with Crippen LogP contribution in [0.2, 0.25) is 0 Å². The second-order valence-corrected chi connectivity index (χ2v) is 6.89. The number of hydrogen-bond acceptors (Lipinski definition) is 1. The molecule has 28 heavy (non-hydrogen) atoms. The van der Waals surface area contributed by atoms with Crippen molar-refractivity contribution >= 4 is 11.6 Å². The van der Waals surface area contributed by atoms with Crippen LogP contribution in [-0.2, 0) is 17.5 Å². The monoisotopic (exact) mass is 381 g/mol. The molecule has 0 N–H and O–H groups in total. The molecule has 0 saturated carbocycles. The summed E-state index contributed by atoms with van der Waals surface area (Å²) in [6.07, 6.45) is -4.24. The molecule has 0 bridgehead atoms. The topological polar surface area (TPSA) is 20.3 Å². The van der Waals surface area contributed by atoms with Gasteiger partial charge in [0, 0.05) is 18.0 Å². The molecular weight excluding hydrogens is 363 g/mol. The molecule has 1 amide bonds. The molecule has 0 spiro atoms. The van der Waals surface area contributed by atoms with Gasteiger partial charge in [-0.2, -0.15) is 13.2 Å². The first-order valence-electron chi connectivity index (χ1n) is 9.04. The van der Waals surface area contributed by atoms with Crippen LogP contribution in [0.1, 0.15) is 34.6 Å². The molecule has 0 aromatic heterocycles. The maximum absolute atomic E-state index is 13.1.